The van der Waals surface area contributed by atoms with E-state index in [9.17, 15) is 9.59 Å². The summed E-state index contributed by atoms with van der Waals surface area (Å²) in [5.41, 5.74) is 2.94. The van der Waals surface area contributed by atoms with Gasteiger partial charge in [0.25, 0.3) is 0 Å². The van der Waals surface area contributed by atoms with E-state index in [1.807, 2.05) is 36.6 Å². The predicted octanol–water partition coefficient (Wildman–Crippen LogP) is 6.18. The molecule has 3 aromatic rings. The van der Waals surface area contributed by atoms with Crippen molar-refractivity contribution in [3.05, 3.63) is 64.1 Å². The van der Waals surface area contributed by atoms with E-state index >= 15 is 0 Å². The first-order chi connectivity index (χ1) is 16.0. The first kappa shape index (κ1) is 26.3. The summed E-state index contributed by atoms with van der Waals surface area (Å²) in [7, 11) is 6.21. The van der Waals surface area contributed by atoms with Crippen LogP contribution in [0.2, 0.25) is 0 Å². The molecule has 0 amide bonds. The Morgan fingerprint density at radius 2 is 1.30 bits per heavy atom. The summed E-state index contributed by atoms with van der Waals surface area (Å²) in [4.78, 5) is 23.0. The van der Waals surface area contributed by atoms with Gasteiger partial charge in [-0.25, -0.2) is 0 Å². The summed E-state index contributed by atoms with van der Waals surface area (Å²) in [6, 6.07) is 14.9. The Kier molecular flexibility index (Phi) is 10.3. The molecule has 0 saturated carbocycles. The number of carbonyl (C=O) groups excluding carboxylic acids is 2. The number of hydrogen-bond donors (Lipinski definition) is 0. The second-order valence-electron chi connectivity index (χ2n) is 6.46. The number of halogens is 1. The van der Waals surface area contributed by atoms with Crippen LogP contribution in [0.15, 0.2) is 57.9 Å². The topological polar surface area (TPSA) is 71.1 Å². The fraction of sp³-hybridized carbons (Fsp3) is 0.200. The van der Waals surface area contributed by atoms with Crippen LogP contribution in [0.5, 0.6) is 23.0 Å². The van der Waals surface area contributed by atoms with Crippen molar-refractivity contribution in [2.75, 3.05) is 34.7 Å². The van der Waals surface area contributed by atoms with Crippen molar-refractivity contribution in [3.63, 3.8) is 0 Å². The fourth-order valence-electron chi connectivity index (χ4n) is 3.01. The van der Waals surface area contributed by atoms with Gasteiger partial charge in [0.2, 0.25) is 0 Å². The van der Waals surface area contributed by atoms with Crippen LogP contribution in [0, 0.1) is 0 Å². The lowest BCUT2D eigenvalue weighted by Crippen LogP contribution is -1.95. The van der Waals surface area contributed by atoms with E-state index in [0.29, 0.717) is 38.6 Å². The normalized spacial score (nSPS) is 9.88. The zero-order chi connectivity index (χ0) is 24.4. The molecule has 8 heteroatoms. The molecule has 33 heavy (non-hydrogen) atoms. The highest BCUT2D eigenvalue weighted by molar-refractivity contribution is 9.10. The number of carbonyl (C=O) groups is 2. The second-order valence-corrected chi connectivity index (χ2v) is 8.14. The van der Waals surface area contributed by atoms with Gasteiger partial charge < -0.3 is 18.9 Å². The van der Waals surface area contributed by atoms with Gasteiger partial charge in [0.05, 0.1) is 32.9 Å². The van der Waals surface area contributed by atoms with E-state index < -0.39 is 0 Å². The maximum atomic E-state index is 11.3. The van der Waals surface area contributed by atoms with E-state index in [2.05, 4.69) is 15.9 Å². The van der Waals surface area contributed by atoms with Gasteiger partial charge in [-0.3, -0.25) is 9.59 Å². The molecule has 0 N–H and O–H groups in total. The molecule has 6 nitrogen and oxygen atoms in total. The lowest BCUT2D eigenvalue weighted by atomic mass is 9.99. The van der Waals surface area contributed by atoms with Crippen LogP contribution in [0.25, 0.3) is 11.1 Å². The van der Waals surface area contributed by atoms with Crippen LogP contribution >= 0.6 is 27.7 Å². The number of hydrogen-bond acceptors (Lipinski definition) is 7. The van der Waals surface area contributed by atoms with Crippen LogP contribution in [0.1, 0.15) is 20.7 Å². The Bertz CT molecular complexity index is 1100. The molecule has 0 saturated heterocycles. The molecule has 0 fully saturated rings. The number of methoxy groups -OCH3 is 4. The third-order valence-corrected chi connectivity index (χ3v) is 6.29. The zero-order valence-corrected chi connectivity index (χ0v) is 21.4. The highest BCUT2D eigenvalue weighted by atomic mass is 79.9. The van der Waals surface area contributed by atoms with Crippen LogP contribution in [0.3, 0.4) is 0 Å². The molecule has 0 aliphatic carbocycles. The van der Waals surface area contributed by atoms with Gasteiger partial charge in [-0.1, -0.05) is 12.1 Å². The van der Waals surface area contributed by atoms with Crippen LogP contribution in [0.4, 0.5) is 0 Å². The Morgan fingerprint density at radius 1 is 0.727 bits per heavy atom. The molecule has 0 atom stereocenters. The lowest BCUT2D eigenvalue weighted by molar-refractivity contribution is 0.111. The van der Waals surface area contributed by atoms with Gasteiger partial charge in [-0.05, 0) is 69.7 Å². The molecule has 174 valence electrons. The van der Waals surface area contributed by atoms with E-state index in [0.717, 1.165) is 23.7 Å². The molecule has 0 aromatic heterocycles. The SMILES string of the molecule is COc1cc(C=O)c(-c2ccc(SC)cc2)cc1OC.COc1ccc(C=O)c(Br)c1OC. The monoisotopic (exact) mass is 532 g/mol. The van der Waals surface area contributed by atoms with Gasteiger partial charge in [-0.15, -0.1) is 11.8 Å². The first-order valence-corrected chi connectivity index (χ1v) is 11.7. The Hall–Kier alpha value is -2.97. The maximum absolute atomic E-state index is 11.3. The van der Waals surface area contributed by atoms with Crippen molar-refractivity contribution >= 4 is 40.3 Å². The standard InChI is InChI=1S/C16H16O3S.C9H9BrO3/c1-18-15-8-12(10-17)14(9-16(15)19-2)11-4-6-13(20-3)7-5-11;1-12-7-4-3-6(5-11)8(10)9(7)13-2/h4-10H,1-3H3;3-5H,1-2H3. The van der Waals surface area contributed by atoms with Gasteiger partial charge in [0.1, 0.15) is 0 Å². The van der Waals surface area contributed by atoms with Crippen LogP contribution < -0.4 is 18.9 Å². The maximum Gasteiger partial charge on any atom is 0.175 e. The van der Waals surface area contributed by atoms with Crippen molar-refractivity contribution in [2.45, 2.75) is 4.90 Å². The molecule has 3 aromatic carbocycles. The number of thioether (sulfide) groups is 1. The molecular weight excluding hydrogens is 508 g/mol. The Balaban J connectivity index is 0.000000257. The van der Waals surface area contributed by atoms with Crippen molar-refractivity contribution in [1.29, 1.82) is 0 Å². The van der Waals surface area contributed by atoms with Crippen molar-refractivity contribution in [1.82, 2.24) is 0 Å². The molecule has 0 radical (unpaired) electrons. The van der Waals surface area contributed by atoms with E-state index in [1.165, 1.54) is 12.0 Å². The first-order valence-electron chi connectivity index (χ1n) is 9.69. The van der Waals surface area contributed by atoms with E-state index in [4.69, 9.17) is 18.9 Å². The molecule has 0 spiro atoms. The summed E-state index contributed by atoms with van der Waals surface area (Å²) in [5.74, 6) is 2.30. The van der Waals surface area contributed by atoms with Crippen molar-refractivity contribution < 1.29 is 28.5 Å². The molecule has 0 unspecified atom stereocenters. The summed E-state index contributed by atoms with van der Waals surface area (Å²) in [6.45, 7) is 0. The molecule has 3 rings (SSSR count). The quantitative estimate of drug-likeness (QED) is 0.253. The van der Waals surface area contributed by atoms with Crippen LogP contribution in [-0.2, 0) is 0 Å². The van der Waals surface area contributed by atoms with Crippen LogP contribution in [-0.4, -0.2) is 47.3 Å². The number of benzene rings is 3. The highest BCUT2D eigenvalue weighted by Gasteiger charge is 2.13. The summed E-state index contributed by atoms with van der Waals surface area (Å²) in [5, 5.41) is 0. The predicted molar refractivity (Wildman–Crippen MR) is 135 cm³/mol. The van der Waals surface area contributed by atoms with Crippen molar-refractivity contribution in [3.8, 4) is 34.1 Å². The Morgan fingerprint density at radius 3 is 1.79 bits per heavy atom. The largest absolute Gasteiger partial charge is 0.493 e. The molecule has 0 aliphatic heterocycles. The number of rotatable bonds is 8. The minimum Gasteiger partial charge on any atom is -0.493 e. The number of aldehydes is 2. The minimum atomic E-state index is 0.534. The molecule has 0 bridgehead atoms. The zero-order valence-electron chi connectivity index (χ0n) is 19.0. The minimum absolute atomic E-state index is 0.534. The van der Waals surface area contributed by atoms with Gasteiger partial charge >= 0.3 is 0 Å². The average Bonchev–Trinajstić information content (AvgIpc) is 2.87. The third kappa shape index (κ3) is 6.30. The fourth-order valence-corrected chi connectivity index (χ4v) is 4.00. The van der Waals surface area contributed by atoms with Gasteiger partial charge in [0.15, 0.2) is 35.6 Å². The lowest BCUT2D eigenvalue weighted by Gasteiger charge is -2.12. The highest BCUT2D eigenvalue weighted by Crippen LogP contribution is 2.37. The third-order valence-electron chi connectivity index (χ3n) is 4.73. The summed E-state index contributed by atoms with van der Waals surface area (Å²) >= 11 is 4.94. The average molecular weight is 533 g/mol. The van der Waals surface area contributed by atoms with Gasteiger partial charge in [0, 0.05) is 16.0 Å². The smallest absolute Gasteiger partial charge is 0.175 e. The molecule has 0 aliphatic rings. The van der Waals surface area contributed by atoms with E-state index in [1.54, 1.807) is 51.3 Å². The number of ether oxygens (including phenoxy) is 4. The summed E-state index contributed by atoms with van der Waals surface area (Å²) in [6.07, 6.45) is 3.62. The molecular formula is C25H25BrO6S. The van der Waals surface area contributed by atoms with Crippen molar-refractivity contribution in [2.24, 2.45) is 0 Å². The second kappa shape index (κ2) is 12.9. The molecule has 0 heterocycles. The Labute approximate surface area is 206 Å². The van der Waals surface area contributed by atoms with E-state index in [-0.39, 0.29) is 0 Å². The van der Waals surface area contributed by atoms with Gasteiger partial charge in [-0.2, -0.15) is 0 Å². The summed E-state index contributed by atoms with van der Waals surface area (Å²) < 4.78 is 21.3.